The van der Waals surface area contributed by atoms with Gasteiger partial charge in [-0.2, -0.15) is 0 Å². The second-order valence-electron chi connectivity index (χ2n) is 3.82. The second kappa shape index (κ2) is 5.89. The maximum Gasteiger partial charge on any atom is 0.123 e. The lowest BCUT2D eigenvalue weighted by Gasteiger charge is -1.98. The highest BCUT2D eigenvalue weighted by Gasteiger charge is 2.03. The fourth-order valence-corrected chi connectivity index (χ4v) is 2.41. The Labute approximate surface area is 105 Å². The summed E-state index contributed by atoms with van der Waals surface area (Å²) < 4.78 is 13.0. The molecule has 90 valence electrons. The first kappa shape index (κ1) is 12.2. The molecule has 1 N–H and O–H groups in total. The number of thiazole rings is 1. The van der Waals surface area contributed by atoms with Crippen LogP contribution in [0.15, 0.2) is 29.6 Å². The Hall–Kier alpha value is -1.26. The second-order valence-corrected chi connectivity index (χ2v) is 4.76. The Kier molecular flexibility index (Phi) is 4.23. The molecule has 0 fully saturated rings. The largest absolute Gasteiger partial charge is 0.311 e. The summed E-state index contributed by atoms with van der Waals surface area (Å²) in [5, 5.41) is 6.32. The maximum atomic E-state index is 13.0. The van der Waals surface area contributed by atoms with Crippen LogP contribution in [0.5, 0.6) is 0 Å². The van der Waals surface area contributed by atoms with Crippen LogP contribution >= 0.6 is 11.3 Å². The Bertz CT molecular complexity index is 482. The third-order valence-electron chi connectivity index (χ3n) is 2.40. The predicted octanol–water partition coefficient (Wildman–Crippen LogP) is 2.98. The van der Waals surface area contributed by atoms with E-state index < -0.39 is 0 Å². The monoisotopic (exact) mass is 250 g/mol. The number of benzene rings is 1. The molecular weight excluding hydrogens is 235 g/mol. The van der Waals surface area contributed by atoms with E-state index in [1.807, 2.05) is 6.07 Å². The fraction of sp³-hybridized carbons (Fsp3) is 0.308. The third-order valence-corrected chi connectivity index (χ3v) is 3.30. The molecule has 0 radical (unpaired) electrons. The number of nitrogens with zero attached hydrogens (tertiary/aromatic N) is 1. The number of halogens is 1. The molecule has 0 saturated carbocycles. The Balaban J connectivity index is 2.01. The molecule has 2 nitrogen and oxygen atoms in total. The molecule has 17 heavy (non-hydrogen) atoms. The molecule has 0 aliphatic heterocycles. The van der Waals surface area contributed by atoms with Crippen molar-refractivity contribution < 1.29 is 4.39 Å². The summed E-state index contributed by atoms with van der Waals surface area (Å²) >= 11 is 1.63. The van der Waals surface area contributed by atoms with Crippen LogP contribution in [-0.2, 0) is 13.0 Å². The van der Waals surface area contributed by atoms with Gasteiger partial charge in [-0.3, -0.25) is 0 Å². The van der Waals surface area contributed by atoms with Gasteiger partial charge in [0.05, 0.1) is 10.7 Å². The topological polar surface area (TPSA) is 24.9 Å². The van der Waals surface area contributed by atoms with Gasteiger partial charge in [0, 0.05) is 18.3 Å². The summed E-state index contributed by atoms with van der Waals surface area (Å²) in [6, 6.07) is 6.68. The van der Waals surface area contributed by atoms with Gasteiger partial charge >= 0.3 is 0 Å². The molecule has 0 atom stereocenters. The summed E-state index contributed by atoms with van der Waals surface area (Å²) in [7, 11) is 0. The number of nitrogens with one attached hydrogen (secondary N) is 1. The zero-order valence-electron chi connectivity index (χ0n) is 9.74. The van der Waals surface area contributed by atoms with Gasteiger partial charge in [-0.1, -0.05) is 19.1 Å². The van der Waals surface area contributed by atoms with Crippen LogP contribution in [0.2, 0.25) is 0 Å². The van der Waals surface area contributed by atoms with Crippen molar-refractivity contribution in [2.45, 2.75) is 19.9 Å². The van der Waals surface area contributed by atoms with Crippen molar-refractivity contribution in [1.82, 2.24) is 10.3 Å². The number of aromatic nitrogens is 1. The Morgan fingerprint density at radius 1 is 1.41 bits per heavy atom. The summed E-state index contributed by atoms with van der Waals surface area (Å²) in [5.41, 5.74) is 2.03. The number of hydrogen-bond acceptors (Lipinski definition) is 3. The average Bonchev–Trinajstić information content (AvgIpc) is 2.74. The molecule has 0 bridgehead atoms. The van der Waals surface area contributed by atoms with E-state index in [9.17, 15) is 4.39 Å². The number of rotatable bonds is 5. The molecule has 0 unspecified atom stereocenters. The van der Waals surface area contributed by atoms with E-state index in [-0.39, 0.29) is 5.82 Å². The highest BCUT2D eigenvalue weighted by atomic mass is 32.1. The lowest BCUT2D eigenvalue weighted by Crippen LogP contribution is -2.11. The molecule has 0 spiro atoms. The van der Waals surface area contributed by atoms with E-state index in [0.29, 0.717) is 6.42 Å². The van der Waals surface area contributed by atoms with Gasteiger partial charge in [0.2, 0.25) is 0 Å². The molecule has 2 aromatic rings. The SMILES string of the molecule is CCNCc1csc(Cc2cccc(F)c2)n1. The van der Waals surface area contributed by atoms with Gasteiger partial charge in [0.15, 0.2) is 0 Å². The first-order chi connectivity index (χ1) is 8.28. The third kappa shape index (κ3) is 3.61. The summed E-state index contributed by atoms with van der Waals surface area (Å²) in [6.45, 7) is 3.81. The first-order valence-corrected chi connectivity index (χ1v) is 6.54. The van der Waals surface area contributed by atoms with E-state index in [2.05, 4.69) is 22.6 Å². The van der Waals surface area contributed by atoms with Crippen molar-refractivity contribution in [2.24, 2.45) is 0 Å². The molecule has 1 aromatic carbocycles. The van der Waals surface area contributed by atoms with Gasteiger partial charge in [-0.15, -0.1) is 11.3 Å². The highest BCUT2D eigenvalue weighted by Crippen LogP contribution is 2.15. The zero-order chi connectivity index (χ0) is 12.1. The minimum Gasteiger partial charge on any atom is -0.311 e. The van der Waals surface area contributed by atoms with Crippen molar-refractivity contribution in [1.29, 1.82) is 0 Å². The van der Waals surface area contributed by atoms with Crippen molar-refractivity contribution in [3.63, 3.8) is 0 Å². The van der Waals surface area contributed by atoms with Crippen LogP contribution in [0, 0.1) is 5.82 Å². The van der Waals surface area contributed by atoms with Gasteiger partial charge in [-0.05, 0) is 24.2 Å². The normalized spacial score (nSPS) is 10.7. The molecule has 1 heterocycles. The lowest BCUT2D eigenvalue weighted by molar-refractivity contribution is 0.626. The lowest BCUT2D eigenvalue weighted by atomic mass is 10.1. The molecule has 1 aromatic heterocycles. The van der Waals surface area contributed by atoms with E-state index >= 15 is 0 Å². The minimum atomic E-state index is -0.188. The summed E-state index contributed by atoms with van der Waals surface area (Å²) in [6.07, 6.45) is 0.703. The first-order valence-electron chi connectivity index (χ1n) is 5.66. The zero-order valence-corrected chi connectivity index (χ0v) is 10.6. The predicted molar refractivity (Wildman–Crippen MR) is 68.7 cm³/mol. The van der Waals surface area contributed by atoms with Crippen LogP contribution in [-0.4, -0.2) is 11.5 Å². The molecule has 0 aliphatic rings. The van der Waals surface area contributed by atoms with Crippen molar-refractivity contribution in [3.8, 4) is 0 Å². The van der Waals surface area contributed by atoms with Crippen LogP contribution in [0.1, 0.15) is 23.2 Å². The summed E-state index contributed by atoms with van der Waals surface area (Å²) in [5.74, 6) is -0.188. The van der Waals surface area contributed by atoms with Crippen molar-refractivity contribution >= 4 is 11.3 Å². The molecule has 4 heteroatoms. The van der Waals surface area contributed by atoms with Gasteiger partial charge < -0.3 is 5.32 Å². The smallest absolute Gasteiger partial charge is 0.123 e. The Morgan fingerprint density at radius 3 is 3.06 bits per heavy atom. The Morgan fingerprint density at radius 2 is 2.29 bits per heavy atom. The molecular formula is C13H15FN2S. The highest BCUT2D eigenvalue weighted by molar-refractivity contribution is 7.09. The van der Waals surface area contributed by atoms with Gasteiger partial charge in [0.1, 0.15) is 5.82 Å². The van der Waals surface area contributed by atoms with E-state index in [1.165, 1.54) is 6.07 Å². The summed E-state index contributed by atoms with van der Waals surface area (Å²) in [4.78, 5) is 4.51. The number of hydrogen-bond donors (Lipinski definition) is 1. The molecule has 2 rings (SSSR count). The van der Waals surface area contributed by atoms with Crippen molar-refractivity contribution in [3.05, 3.63) is 51.7 Å². The van der Waals surface area contributed by atoms with Crippen LogP contribution in [0.3, 0.4) is 0 Å². The standard InChI is InChI=1S/C13H15FN2S/c1-2-15-8-12-9-17-13(16-12)7-10-4-3-5-11(14)6-10/h3-6,9,15H,2,7-8H2,1H3. The van der Waals surface area contributed by atoms with Crippen LogP contribution in [0.4, 0.5) is 4.39 Å². The van der Waals surface area contributed by atoms with Gasteiger partial charge in [0.25, 0.3) is 0 Å². The minimum absolute atomic E-state index is 0.188. The van der Waals surface area contributed by atoms with Crippen LogP contribution in [0.25, 0.3) is 0 Å². The van der Waals surface area contributed by atoms with E-state index in [4.69, 9.17) is 0 Å². The van der Waals surface area contributed by atoms with Crippen LogP contribution < -0.4 is 5.32 Å². The van der Waals surface area contributed by atoms with E-state index in [0.717, 1.165) is 29.4 Å². The van der Waals surface area contributed by atoms with Crippen molar-refractivity contribution in [2.75, 3.05) is 6.54 Å². The molecule has 0 saturated heterocycles. The maximum absolute atomic E-state index is 13.0. The fourth-order valence-electron chi connectivity index (χ4n) is 1.59. The quantitative estimate of drug-likeness (QED) is 0.882. The molecule has 0 aliphatic carbocycles. The average molecular weight is 250 g/mol. The van der Waals surface area contributed by atoms with E-state index in [1.54, 1.807) is 23.5 Å². The van der Waals surface area contributed by atoms with Gasteiger partial charge in [-0.25, -0.2) is 9.37 Å². The molecule has 0 amide bonds.